The van der Waals surface area contributed by atoms with Crippen molar-refractivity contribution >= 4 is 0 Å². The van der Waals surface area contributed by atoms with Gasteiger partial charge in [0.2, 0.25) is 0 Å². The van der Waals surface area contributed by atoms with E-state index in [0.29, 0.717) is 5.54 Å². The predicted octanol–water partition coefficient (Wildman–Crippen LogP) is 3.19. The number of benzene rings is 1. The molecule has 3 nitrogen and oxygen atoms in total. The topological polar surface area (TPSA) is 24.5 Å². The number of ether oxygens (including phenoxy) is 1. The average molecular weight is 288 g/mol. The van der Waals surface area contributed by atoms with Crippen molar-refractivity contribution in [1.29, 1.82) is 0 Å². The van der Waals surface area contributed by atoms with Crippen molar-refractivity contribution in [3.8, 4) is 5.75 Å². The summed E-state index contributed by atoms with van der Waals surface area (Å²) < 4.78 is 5.86. The number of nitrogens with zero attached hydrogens (tertiary/aromatic N) is 1. The van der Waals surface area contributed by atoms with Gasteiger partial charge in [0.05, 0.1) is 0 Å². The van der Waals surface area contributed by atoms with E-state index in [2.05, 4.69) is 41.5 Å². The first kappa shape index (κ1) is 14.9. The van der Waals surface area contributed by atoms with Crippen molar-refractivity contribution < 1.29 is 4.74 Å². The Balaban J connectivity index is 1.60. The Morgan fingerprint density at radius 3 is 2.81 bits per heavy atom. The summed E-state index contributed by atoms with van der Waals surface area (Å²) in [6.07, 6.45) is 8.11. The van der Waals surface area contributed by atoms with E-state index >= 15 is 0 Å². The molecule has 1 saturated carbocycles. The largest absolute Gasteiger partial charge is 0.492 e. The van der Waals surface area contributed by atoms with Crippen LogP contribution in [0.2, 0.25) is 0 Å². The Morgan fingerprint density at radius 2 is 2.00 bits per heavy atom. The molecule has 1 N–H and O–H groups in total. The minimum Gasteiger partial charge on any atom is -0.492 e. The van der Waals surface area contributed by atoms with Crippen LogP contribution in [0.3, 0.4) is 0 Å². The Labute approximate surface area is 128 Å². The van der Waals surface area contributed by atoms with Gasteiger partial charge in [-0.15, -0.1) is 0 Å². The zero-order chi connectivity index (χ0) is 14.5. The molecule has 1 aliphatic heterocycles. The zero-order valence-electron chi connectivity index (χ0n) is 13.2. The van der Waals surface area contributed by atoms with Gasteiger partial charge >= 0.3 is 0 Å². The summed E-state index contributed by atoms with van der Waals surface area (Å²) in [5.74, 6) is 1.07. The standard InChI is InChI=1S/C18H28N2O/c1-19-18(9-5-2-6-10-18)11-12-20-13-14-21-17-8-4-3-7-16(17)15-20/h3-4,7-8,19H,2,5-6,9-15H2,1H3. The van der Waals surface area contributed by atoms with Crippen LogP contribution in [0, 0.1) is 0 Å². The highest BCUT2D eigenvalue weighted by Crippen LogP contribution is 2.31. The first-order valence-corrected chi connectivity index (χ1v) is 8.43. The third-order valence-electron chi connectivity index (χ3n) is 5.28. The fourth-order valence-corrected chi connectivity index (χ4v) is 3.80. The molecule has 1 fully saturated rings. The third-order valence-corrected chi connectivity index (χ3v) is 5.28. The Morgan fingerprint density at radius 1 is 1.19 bits per heavy atom. The SMILES string of the molecule is CNC1(CCN2CCOc3ccccc3C2)CCCCC1. The minimum atomic E-state index is 0.380. The molecule has 116 valence electrons. The Kier molecular flexibility index (Phi) is 4.81. The molecule has 0 atom stereocenters. The van der Waals surface area contributed by atoms with Gasteiger partial charge in [-0.1, -0.05) is 37.5 Å². The van der Waals surface area contributed by atoms with E-state index in [-0.39, 0.29) is 0 Å². The van der Waals surface area contributed by atoms with Crippen LogP contribution in [-0.2, 0) is 6.54 Å². The second kappa shape index (κ2) is 6.80. The lowest BCUT2D eigenvalue weighted by Crippen LogP contribution is -2.47. The van der Waals surface area contributed by atoms with Crippen molar-refractivity contribution in [2.24, 2.45) is 0 Å². The molecule has 0 bridgehead atoms. The molecule has 1 heterocycles. The Bertz CT molecular complexity index is 454. The molecule has 0 radical (unpaired) electrons. The maximum atomic E-state index is 5.86. The number of para-hydroxylation sites is 1. The molecule has 3 heteroatoms. The van der Waals surface area contributed by atoms with Crippen LogP contribution in [0.1, 0.15) is 44.1 Å². The van der Waals surface area contributed by atoms with E-state index in [1.807, 2.05) is 0 Å². The maximum absolute atomic E-state index is 5.86. The van der Waals surface area contributed by atoms with Gasteiger partial charge in [0, 0.05) is 30.7 Å². The molecule has 0 saturated heterocycles. The van der Waals surface area contributed by atoms with E-state index < -0.39 is 0 Å². The lowest BCUT2D eigenvalue weighted by molar-refractivity contribution is 0.169. The van der Waals surface area contributed by atoms with Crippen LogP contribution in [0.5, 0.6) is 5.75 Å². The summed E-state index contributed by atoms with van der Waals surface area (Å²) in [5, 5.41) is 3.63. The van der Waals surface area contributed by atoms with Crippen LogP contribution in [-0.4, -0.2) is 37.2 Å². The smallest absolute Gasteiger partial charge is 0.123 e. The lowest BCUT2D eigenvalue weighted by Gasteiger charge is -2.38. The van der Waals surface area contributed by atoms with Gasteiger partial charge in [-0.05, 0) is 32.4 Å². The van der Waals surface area contributed by atoms with E-state index in [1.165, 1.54) is 50.6 Å². The number of fused-ring (bicyclic) bond motifs is 1. The van der Waals surface area contributed by atoms with Gasteiger partial charge in [0.1, 0.15) is 12.4 Å². The summed E-state index contributed by atoms with van der Waals surface area (Å²) in [6, 6.07) is 8.46. The van der Waals surface area contributed by atoms with Crippen LogP contribution in [0.4, 0.5) is 0 Å². The minimum absolute atomic E-state index is 0.380. The summed E-state index contributed by atoms with van der Waals surface area (Å²) in [5.41, 5.74) is 1.71. The first-order valence-electron chi connectivity index (χ1n) is 8.43. The van der Waals surface area contributed by atoms with E-state index in [9.17, 15) is 0 Å². The molecule has 0 amide bonds. The van der Waals surface area contributed by atoms with Gasteiger partial charge in [0.15, 0.2) is 0 Å². The third kappa shape index (κ3) is 3.58. The second-order valence-electron chi connectivity index (χ2n) is 6.57. The highest BCUT2D eigenvalue weighted by molar-refractivity contribution is 5.33. The fourth-order valence-electron chi connectivity index (χ4n) is 3.80. The summed E-state index contributed by atoms with van der Waals surface area (Å²) in [7, 11) is 2.14. The van der Waals surface area contributed by atoms with Crippen molar-refractivity contribution in [3.63, 3.8) is 0 Å². The normalized spacial score (nSPS) is 22.1. The molecule has 1 aromatic rings. The maximum Gasteiger partial charge on any atom is 0.123 e. The molecule has 0 aromatic heterocycles. The molecule has 2 aliphatic rings. The van der Waals surface area contributed by atoms with Crippen molar-refractivity contribution in [2.75, 3.05) is 26.7 Å². The van der Waals surface area contributed by atoms with Crippen LogP contribution in [0.25, 0.3) is 0 Å². The molecule has 0 unspecified atom stereocenters. The zero-order valence-corrected chi connectivity index (χ0v) is 13.2. The number of hydrogen-bond acceptors (Lipinski definition) is 3. The van der Waals surface area contributed by atoms with Gasteiger partial charge in [0.25, 0.3) is 0 Å². The van der Waals surface area contributed by atoms with Crippen LogP contribution in [0.15, 0.2) is 24.3 Å². The van der Waals surface area contributed by atoms with Gasteiger partial charge in [-0.2, -0.15) is 0 Å². The summed E-state index contributed by atoms with van der Waals surface area (Å²) in [4.78, 5) is 2.56. The van der Waals surface area contributed by atoms with E-state index in [4.69, 9.17) is 4.74 Å². The second-order valence-corrected chi connectivity index (χ2v) is 6.57. The van der Waals surface area contributed by atoms with Crippen molar-refractivity contribution in [1.82, 2.24) is 10.2 Å². The van der Waals surface area contributed by atoms with Crippen molar-refractivity contribution in [3.05, 3.63) is 29.8 Å². The Hall–Kier alpha value is -1.06. The average Bonchev–Trinajstić information content (AvgIpc) is 2.76. The fraction of sp³-hybridized carbons (Fsp3) is 0.667. The molecular weight excluding hydrogens is 260 g/mol. The van der Waals surface area contributed by atoms with Gasteiger partial charge < -0.3 is 10.1 Å². The van der Waals surface area contributed by atoms with E-state index in [0.717, 1.165) is 25.4 Å². The summed E-state index contributed by atoms with van der Waals surface area (Å²) in [6.45, 7) is 4.03. The predicted molar refractivity (Wildman–Crippen MR) is 86.7 cm³/mol. The van der Waals surface area contributed by atoms with E-state index in [1.54, 1.807) is 0 Å². The molecule has 1 aromatic carbocycles. The molecule has 3 rings (SSSR count). The number of hydrogen-bond donors (Lipinski definition) is 1. The monoisotopic (exact) mass is 288 g/mol. The van der Waals surface area contributed by atoms with Crippen LogP contribution >= 0.6 is 0 Å². The molecule has 0 spiro atoms. The molecular formula is C18H28N2O. The molecule has 21 heavy (non-hydrogen) atoms. The quantitative estimate of drug-likeness (QED) is 0.921. The van der Waals surface area contributed by atoms with Gasteiger partial charge in [-0.3, -0.25) is 4.90 Å². The number of rotatable bonds is 4. The highest BCUT2D eigenvalue weighted by Gasteiger charge is 2.30. The lowest BCUT2D eigenvalue weighted by atomic mass is 9.79. The highest BCUT2D eigenvalue weighted by atomic mass is 16.5. The van der Waals surface area contributed by atoms with Gasteiger partial charge in [-0.25, -0.2) is 0 Å². The first-order chi connectivity index (χ1) is 10.3. The van der Waals surface area contributed by atoms with Crippen molar-refractivity contribution in [2.45, 2.75) is 50.6 Å². The summed E-state index contributed by atoms with van der Waals surface area (Å²) >= 11 is 0. The molecule has 1 aliphatic carbocycles. The number of nitrogens with one attached hydrogen (secondary N) is 1. The van der Waals surface area contributed by atoms with Crippen LogP contribution < -0.4 is 10.1 Å².